The summed E-state index contributed by atoms with van der Waals surface area (Å²) in [7, 11) is 1.64. The van der Waals surface area contributed by atoms with Crippen molar-refractivity contribution >= 4 is 5.82 Å². The van der Waals surface area contributed by atoms with E-state index >= 15 is 0 Å². The fraction of sp³-hybridized carbons (Fsp3) is 0.417. The van der Waals surface area contributed by atoms with E-state index < -0.39 is 12.0 Å². The Morgan fingerprint density at radius 2 is 2.05 bits per heavy atom. The molecule has 0 aliphatic carbocycles. The number of anilines is 1. The number of hydrogen-bond donors (Lipinski definition) is 1. The van der Waals surface area contributed by atoms with Gasteiger partial charge in [-0.2, -0.15) is 18.3 Å². The zero-order valence-corrected chi connectivity index (χ0v) is 11.1. The Morgan fingerprint density at radius 1 is 1.30 bits per heavy atom. The van der Waals surface area contributed by atoms with Crippen LogP contribution < -0.4 is 5.32 Å². The van der Waals surface area contributed by atoms with E-state index in [4.69, 9.17) is 0 Å². The van der Waals surface area contributed by atoms with Gasteiger partial charge in [-0.15, -0.1) is 0 Å². The lowest BCUT2D eigenvalue weighted by atomic mass is 10.3. The van der Waals surface area contributed by atoms with Gasteiger partial charge in [0.2, 0.25) is 5.82 Å². The fourth-order valence-corrected chi connectivity index (χ4v) is 1.67. The van der Waals surface area contributed by atoms with E-state index in [-0.39, 0.29) is 11.5 Å². The highest BCUT2D eigenvalue weighted by Gasteiger charge is 2.35. The molecule has 0 spiro atoms. The Morgan fingerprint density at radius 3 is 2.60 bits per heavy atom. The summed E-state index contributed by atoms with van der Waals surface area (Å²) in [5.41, 5.74) is 0.684. The van der Waals surface area contributed by atoms with Crippen LogP contribution >= 0.6 is 0 Å². The Balaban J connectivity index is 2.48. The third-order valence-electron chi connectivity index (χ3n) is 2.62. The minimum Gasteiger partial charge on any atom is -0.370 e. The Labute approximate surface area is 113 Å². The average molecular weight is 285 g/mol. The lowest BCUT2D eigenvalue weighted by Gasteiger charge is -2.11. The van der Waals surface area contributed by atoms with Crippen LogP contribution in [-0.2, 0) is 13.2 Å². The number of rotatable bonds is 4. The zero-order chi connectivity index (χ0) is 14.8. The highest BCUT2D eigenvalue weighted by molar-refractivity contribution is 5.58. The molecule has 0 aliphatic heterocycles. The number of aromatic nitrogens is 4. The largest absolute Gasteiger partial charge is 0.451 e. The van der Waals surface area contributed by atoms with Gasteiger partial charge >= 0.3 is 6.18 Å². The van der Waals surface area contributed by atoms with E-state index in [2.05, 4.69) is 20.4 Å². The Bertz CT molecular complexity index is 591. The zero-order valence-electron chi connectivity index (χ0n) is 11.1. The molecular formula is C12H14F3N5. The van der Waals surface area contributed by atoms with E-state index in [1.165, 1.54) is 16.9 Å². The lowest BCUT2D eigenvalue weighted by Crippen LogP contribution is -2.14. The summed E-state index contributed by atoms with van der Waals surface area (Å²) >= 11 is 0. The van der Waals surface area contributed by atoms with Crippen molar-refractivity contribution in [3.05, 3.63) is 24.2 Å². The molecule has 0 unspecified atom stereocenters. The molecule has 20 heavy (non-hydrogen) atoms. The van der Waals surface area contributed by atoms with Crippen molar-refractivity contribution in [1.29, 1.82) is 0 Å². The molecule has 0 aromatic carbocycles. The highest BCUT2D eigenvalue weighted by atomic mass is 19.4. The van der Waals surface area contributed by atoms with Gasteiger partial charge in [-0.05, 0) is 12.5 Å². The standard InChI is InChI=1S/C12H14F3N5/c1-3-5-16-10-7-8(9-4-6-17-20(9)2)18-11(19-10)12(13,14)15/h4,6-7H,3,5H2,1-2H3,(H,16,18,19). The van der Waals surface area contributed by atoms with Crippen molar-refractivity contribution in [1.82, 2.24) is 19.7 Å². The predicted molar refractivity (Wildman–Crippen MR) is 68.0 cm³/mol. The van der Waals surface area contributed by atoms with Crippen LogP contribution in [0.3, 0.4) is 0 Å². The number of hydrogen-bond acceptors (Lipinski definition) is 4. The molecule has 2 aromatic rings. The predicted octanol–water partition coefficient (Wildman–Crippen LogP) is 2.72. The molecule has 8 heteroatoms. The minimum absolute atomic E-state index is 0.158. The summed E-state index contributed by atoms with van der Waals surface area (Å²) < 4.78 is 40.0. The molecule has 0 radical (unpaired) electrons. The smallest absolute Gasteiger partial charge is 0.370 e. The molecule has 108 valence electrons. The molecule has 2 heterocycles. The van der Waals surface area contributed by atoms with Gasteiger partial charge in [-0.25, -0.2) is 9.97 Å². The van der Waals surface area contributed by atoms with Gasteiger partial charge < -0.3 is 5.32 Å². The SMILES string of the molecule is CCCNc1cc(-c2ccnn2C)nc(C(F)(F)F)n1. The molecule has 5 nitrogen and oxygen atoms in total. The number of nitrogens with one attached hydrogen (secondary N) is 1. The second kappa shape index (κ2) is 5.48. The molecule has 0 saturated carbocycles. The first-order chi connectivity index (χ1) is 9.41. The average Bonchev–Trinajstić information content (AvgIpc) is 2.81. The summed E-state index contributed by atoms with van der Waals surface area (Å²) in [6.07, 6.45) is -2.30. The molecule has 2 rings (SSSR count). The second-order valence-corrected chi connectivity index (χ2v) is 4.23. The van der Waals surface area contributed by atoms with Gasteiger partial charge in [-0.1, -0.05) is 6.92 Å². The first kappa shape index (κ1) is 14.3. The van der Waals surface area contributed by atoms with Crippen molar-refractivity contribution in [2.24, 2.45) is 7.05 Å². The molecular weight excluding hydrogens is 271 g/mol. The van der Waals surface area contributed by atoms with Crippen LogP contribution in [0, 0.1) is 0 Å². The monoisotopic (exact) mass is 285 g/mol. The van der Waals surface area contributed by atoms with E-state index in [0.29, 0.717) is 12.2 Å². The maximum absolute atomic E-state index is 12.8. The van der Waals surface area contributed by atoms with Gasteiger partial charge in [-0.3, -0.25) is 4.68 Å². The van der Waals surface area contributed by atoms with Crippen LogP contribution in [0.1, 0.15) is 19.2 Å². The van der Waals surface area contributed by atoms with Crippen molar-refractivity contribution in [3.8, 4) is 11.4 Å². The van der Waals surface area contributed by atoms with E-state index in [0.717, 1.165) is 6.42 Å². The summed E-state index contributed by atoms with van der Waals surface area (Å²) in [5, 5.41) is 6.78. The molecule has 0 aliphatic rings. The third-order valence-corrected chi connectivity index (χ3v) is 2.62. The van der Waals surface area contributed by atoms with Crippen LogP contribution in [0.15, 0.2) is 18.3 Å². The van der Waals surface area contributed by atoms with Gasteiger partial charge in [0.1, 0.15) is 5.82 Å². The van der Waals surface area contributed by atoms with E-state index in [1.54, 1.807) is 13.1 Å². The van der Waals surface area contributed by atoms with E-state index in [1.807, 2.05) is 6.92 Å². The molecule has 0 saturated heterocycles. The topological polar surface area (TPSA) is 55.6 Å². The Kier molecular flexibility index (Phi) is 3.91. The van der Waals surface area contributed by atoms with Gasteiger partial charge in [0, 0.05) is 25.9 Å². The van der Waals surface area contributed by atoms with Crippen molar-refractivity contribution in [3.63, 3.8) is 0 Å². The first-order valence-electron chi connectivity index (χ1n) is 6.10. The van der Waals surface area contributed by atoms with Crippen LogP contribution in [0.2, 0.25) is 0 Å². The summed E-state index contributed by atoms with van der Waals surface area (Å²) in [6.45, 7) is 2.46. The van der Waals surface area contributed by atoms with Gasteiger partial charge in [0.25, 0.3) is 0 Å². The molecule has 0 atom stereocenters. The summed E-state index contributed by atoms with van der Waals surface area (Å²) in [6, 6.07) is 3.09. The lowest BCUT2D eigenvalue weighted by molar-refractivity contribution is -0.144. The molecule has 1 N–H and O–H groups in total. The van der Waals surface area contributed by atoms with Gasteiger partial charge in [0.05, 0.1) is 11.4 Å². The van der Waals surface area contributed by atoms with Gasteiger partial charge in [0.15, 0.2) is 0 Å². The number of halogens is 3. The maximum atomic E-state index is 12.8. The molecule has 0 bridgehead atoms. The molecule has 2 aromatic heterocycles. The maximum Gasteiger partial charge on any atom is 0.451 e. The minimum atomic E-state index is -4.59. The number of aryl methyl sites for hydroxylation is 1. The number of nitrogens with zero attached hydrogens (tertiary/aromatic N) is 4. The quantitative estimate of drug-likeness (QED) is 0.938. The van der Waals surface area contributed by atoms with Crippen LogP contribution in [-0.4, -0.2) is 26.3 Å². The first-order valence-corrected chi connectivity index (χ1v) is 6.10. The van der Waals surface area contributed by atoms with Crippen molar-refractivity contribution in [2.45, 2.75) is 19.5 Å². The fourth-order valence-electron chi connectivity index (χ4n) is 1.67. The second-order valence-electron chi connectivity index (χ2n) is 4.23. The van der Waals surface area contributed by atoms with Crippen LogP contribution in [0.5, 0.6) is 0 Å². The highest BCUT2D eigenvalue weighted by Crippen LogP contribution is 2.29. The number of alkyl halides is 3. The van der Waals surface area contributed by atoms with E-state index in [9.17, 15) is 13.2 Å². The molecule has 0 fully saturated rings. The summed E-state index contributed by atoms with van der Waals surface area (Å²) in [5.74, 6) is -1.000. The molecule has 0 amide bonds. The van der Waals surface area contributed by atoms with Crippen molar-refractivity contribution < 1.29 is 13.2 Å². The Hall–Kier alpha value is -2.12. The summed E-state index contributed by atoms with van der Waals surface area (Å²) in [4.78, 5) is 7.08. The van der Waals surface area contributed by atoms with Crippen LogP contribution in [0.4, 0.5) is 19.0 Å². The van der Waals surface area contributed by atoms with Crippen molar-refractivity contribution in [2.75, 3.05) is 11.9 Å². The third kappa shape index (κ3) is 3.06. The van der Waals surface area contributed by atoms with Crippen LogP contribution in [0.25, 0.3) is 11.4 Å². The normalized spacial score (nSPS) is 11.7.